The molecule has 4 nitrogen and oxygen atoms in total. The third kappa shape index (κ3) is 2.86. The number of nitrogens with zero attached hydrogens (tertiary/aromatic N) is 1. The molecule has 2 aromatic rings. The number of nitrogens with one attached hydrogen (secondary N) is 1. The molecular weight excluding hydrogens is 279 g/mol. The Morgan fingerprint density at radius 3 is 2.95 bits per heavy atom. The van der Waals surface area contributed by atoms with Crippen LogP contribution in [0.15, 0.2) is 30.5 Å². The smallest absolute Gasteiger partial charge is 0.151 e. The first kappa shape index (κ1) is 13.6. The summed E-state index contributed by atoms with van der Waals surface area (Å²) in [6.07, 6.45) is 2.62. The van der Waals surface area contributed by atoms with Crippen LogP contribution in [0.5, 0.6) is 0 Å². The lowest BCUT2D eigenvalue weighted by atomic mass is 10.2. The number of rotatable bonds is 4. The standard InChI is InChI=1S/C14H17FN2O2S/c15-12-1-2-14-11(9-12)3-6-17(14)7-5-16-13-4-8-20(18,19)10-13/h1-3,6,9,13,16H,4-5,7-8,10H2. The van der Waals surface area contributed by atoms with Gasteiger partial charge in [0.15, 0.2) is 9.84 Å². The molecule has 1 fully saturated rings. The minimum Gasteiger partial charge on any atom is -0.346 e. The highest BCUT2D eigenvalue weighted by Gasteiger charge is 2.26. The Hall–Kier alpha value is -1.40. The second-order valence-electron chi connectivity index (χ2n) is 5.27. The van der Waals surface area contributed by atoms with Gasteiger partial charge in [-0.15, -0.1) is 0 Å². The molecular formula is C14H17FN2O2S. The zero-order valence-corrected chi connectivity index (χ0v) is 11.9. The lowest BCUT2D eigenvalue weighted by Crippen LogP contribution is -2.32. The summed E-state index contributed by atoms with van der Waals surface area (Å²) in [5.41, 5.74) is 0.993. The van der Waals surface area contributed by atoms with Crippen LogP contribution >= 0.6 is 0 Å². The summed E-state index contributed by atoms with van der Waals surface area (Å²) in [5, 5.41) is 4.16. The van der Waals surface area contributed by atoms with Gasteiger partial charge >= 0.3 is 0 Å². The van der Waals surface area contributed by atoms with Crippen molar-refractivity contribution in [1.82, 2.24) is 9.88 Å². The first-order valence-corrected chi connectivity index (χ1v) is 8.54. The molecule has 108 valence electrons. The molecule has 0 bridgehead atoms. The first-order chi connectivity index (χ1) is 9.53. The number of sulfone groups is 1. The molecule has 1 atom stereocenters. The lowest BCUT2D eigenvalue weighted by Gasteiger charge is -2.11. The maximum Gasteiger partial charge on any atom is 0.151 e. The van der Waals surface area contributed by atoms with Crippen molar-refractivity contribution in [3.05, 3.63) is 36.3 Å². The van der Waals surface area contributed by atoms with Gasteiger partial charge in [0.25, 0.3) is 0 Å². The topological polar surface area (TPSA) is 51.1 Å². The Bertz CT molecular complexity index is 724. The van der Waals surface area contributed by atoms with E-state index in [-0.39, 0.29) is 23.4 Å². The molecule has 1 aromatic carbocycles. The van der Waals surface area contributed by atoms with Crippen LogP contribution in [0.4, 0.5) is 4.39 Å². The van der Waals surface area contributed by atoms with Gasteiger partial charge in [0.1, 0.15) is 5.82 Å². The second kappa shape index (κ2) is 5.18. The van der Waals surface area contributed by atoms with Crippen molar-refractivity contribution in [2.75, 3.05) is 18.1 Å². The number of aromatic nitrogens is 1. The van der Waals surface area contributed by atoms with Gasteiger partial charge in [-0.05, 0) is 30.7 Å². The van der Waals surface area contributed by atoms with Crippen molar-refractivity contribution in [2.45, 2.75) is 19.0 Å². The average molecular weight is 296 g/mol. The van der Waals surface area contributed by atoms with Gasteiger partial charge in [0, 0.05) is 36.2 Å². The van der Waals surface area contributed by atoms with E-state index in [9.17, 15) is 12.8 Å². The molecule has 1 aliphatic rings. The number of hydrogen-bond acceptors (Lipinski definition) is 3. The van der Waals surface area contributed by atoms with Crippen LogP contribution in [0.1, 0.15) is 6.42 Å². The molecule has 20 heavy (non-hydrogen) atoms. The minimum atomic E-state index is -2.83. The van der Waals surface area contributed by atoms with Crippen LogP contribution < -0.4 is 5.32 Å². The number of benzene rings is 1. The van der Waals surface area contributed by atoms with Crippen LogP contribution in [0.2, 0.25) is 0 Å². The summed E-state index contributed by atoms with van der Waals surface area (Å²) < 4.78 is 37.9. The highest BCUT2D eigenvalue weighted by molar-refractivity contribution is 7.91. The summed E-state index contributed by atoms with van der Waals surface area (Å²) >= 11 is 0. The Labute approximate surface area is 117 Å². The second-order valence-corrected chi connectivity index (χ2v) is 7.50. The van der Waals surface area contributed by atoms with Crippen molar-refractivity contribution >= 4 is 20.7 Å². The predicted octanol–water partition coefficient (Wildman–Crippen LogP) is 1.56. The monoisotopic (exact) mass is 296 g/mol. The fraction of sp³-hybridized carbons (Fsp3) is 0.429. The van der Waals surface area contributed by atoms with E-state index in [0.29, 0.717) is 13.0 Å². The van der Waals surface area contributed by atoms with Gasteiger partial charge in [-0.1, -0.05) is 0 Å². The fourth-order valence-electron chi connectivity index (χ4n) is 2.71. The zero-order valence-electron chi connectivity index (χ0n) is 11.0. The number of hydrogen-bond donors (Lipinski definition) is 1. The van der Waals surface area contributed by atoms with E-state index in [1.165, 1.54) is 12.1 Å². The van der Waals surface area contributed by atoms with E-state index in [2.05, 4.69) is 5.32 Å². The van der Waals surface area contributed by atoms with Crippen molar-refractivity contribution in [3.8, 4) is 0 Å². The Kier molecular flexibility index (Phi) is 3.52. The molecule has 1 aliphatic heterocycles. The third-order valence-corrected chi connectivity index (χ3v) is 5.52. The minimum absolute atomic E-state index is 0.0688. The number of fused-ring (bicyclic) bond motifs is 1. The van der Waals surface area contributed by atoms with Crippen LogP contribution in [-0.2, 0) is 16.4 Å². The lowest BCUT2D eigenvalue weighted by molar-refractivity contribution is 0.525. The molecule has 0 amide bonds. The largest absolute Gasteiger partial charge is 0.346 e. The summed E-state index contributed by atoms with van der Waals surface area (Å²) in [6.45, 7) is 1.45. The predicted molar refractivity (Wildman–Crippen MR) is 77.0 cm³/mol. The van der Waals surface area contributed by atoms with Gasteiger partial charge in [-0.25, -0.2) is 12.8 Å². The van der Waals surface area contributed by atoms with Crippen molar-refractivity contribution in [3.63, 3.8) is 0 Å². The molecule has 0 spiro atoms. The van der Waals surface area contributed by atoms with Crippen molar-refractivity contribution in [2.24, 2.45) is 0 Å². The molecule has 1 aromatic heterocycles. The van der Waals surface area contributed by atoms with Crippen LogP contribution in [-0.4, -0.2) is 37.1 Å². The van der Waals surface area contributed by atoms with E-state index in [1.54, 1.807) is 6.07 Å². The molecule has 0 aliphatic carbocycles. The molecule has 1 N–H and O–H groups in total. The summed E-state index contributed by atoms with van der Waals surface area (Å²) in [7, 11) is -2.83. The van der Waals surface area contributed by atoms with Crippen LogP contribution in [0.3, 0.4) is 0 Å². The summed E-state index contributed by atoms with van der Waals surface area (Å²) in [6, 6.07) is 6.70. The molecule has 3 rings (SSSR count). The molecule has 0 radical (unpaired) electrons. The molecule has 0 saturated carbocycles. The Balaban J connectivity index is 1.60. The Morgan fingerprint density at radius 1 is 1.35 bits per heavy atom. The van der Waals surface area contributed by atoms with Gasteiger partial charge < -0.3 is 9.88 Å². The van der Waals surface area contributed by atoms with Crippen LogP contribution in [0.25, 0.3) is 10.9 Å². The van der Waals surface area contributed by atoms with Gasteiger partial charge in [-0.2, -0.15) is 0 Å². The van der Waals surface area contributed by atoms with E-state index >= 15 is 0 Å². The molecule has 2 heterocycles. The summed E-state index contributed by atoms with van der Waals surface area (Å²) in [4.78, 5) is 0. The highest BCUT2D eigenvalue weighted by Crippen LogP contribution is 2.17. The Morgan fingerprint density at radius 2 is 2.20 bits per heavy atom. The van der Waals surface area contributed by atoms with Crippen molar-refractivity contribution in [1.29, 1.82) is 0 Å². The van der Waals surface area contributed by atoms with E-state index in [1.807, 2.05) is 16.8 Å². The fourth-order valence-corrected chi connectivity index (χ4v) is 4.42. The normalized spacial score (nSPS) is 21.6. The van der Waals surface area contributed by atoms with Crippen molar-refractivity contribution < 1.29 is 12.8 Å². The van der Waals surface area contributed by atoms with E-state index < -0.39 is 9.84 Å². The average Bonchev–Trinajstić information content (AvgIpc) is 2.93. The van der Waals surface area contributed by atoms with Gasteiger partial charge in [0.2, 0.25) is 0 Å². The van der Waals surface area contributed by atoms with Gasteiger partial charge in [0.05, 0.1) is 11.5 Å². The summed E-state index contributed by atoms with van der Waals surface area (Å²) in [5.74, 6) is 0.297. The van der Waals surface area contributed by atoms with E-state index in [4.69, 9.17) is 0 Å². The first-order valence-electron chi connectivity index (χ1n) is 6.72. The molecule has 1 unspecified atom stereocenters. The number of halogens is 1. The maximum atomic E-state index is 13.1. The highest BCUT2D eigenvalue weighted by atomic mass is 32.2. The molecule has 6 heteroatoms. The van der Waals surface area contributed by atoms with Crippen LogP contribution in [0, 0.1) is 5.82 Å². The SMILES string of the molecule is O=S1(=O)CCC(NCCn2ccc3cc(F)ccc32)C1. The quantitative estimate of drug-likeness (QED) is 0.931. The van der Waals surface area contributed by atoms with E-state index in [0.717, 1.165) is 17.4 Å². The maximum absolute atomic E-state index is 13.1. The zero-order chi connectivity index (χ0) is 14.2. The van der Waals surface area contributed by atoms with Gasteiger partial charge in [-0.3, -0.25) is 0 Å². The third-order valence-electron chi connectivity index (χ3n) is 3.75. The molecule has 1 saturated heterocycles.